The normalized spacial score (nSPS) is 10.7. The molecule has 21 heavy (non-hydrogen) atoms. The molecule has 0 aliphatic carbocycles. The molecule has 0 radical (unpaired) electrons. The molecule has 0 spiro atoms. The zero-order chi connectivity index (χ0) is 15.4. The van der Waals surface area contributed by atoms with Gasteiger partial charge < -0.3 is 10.5 Å². The smallest absolute Gasteiger partial charge is 0.120 e. The maximum Gasteiger partial charge on any atom is 0.120 e. The molecule has 2 aromatic rings. The average molecular weight is 320 g/mol. The van der Waals surface area contributed by atoms with Crippen molar-refractivity contribution in [3.05, 3.63) is 64.2 Å². The fourth-order valence-electron chi connectivity index (χ4n) is 1.94. The van der Waals surface area contributed by atoms with Crippen molar-refractivity contribution in [2.75, 3.05) is 0 Å². The molecule has 0 aliphatic rings. The molecule has 110 valence electrons. The Labute approximate surface area is 135 Å². The summed E-state index contributed by atoms with van der Waals surface area (Å²) in [6, 6.07) is 13.6. The highest BCUT2D eigenvalue weighted by molar-refractivity contribution is 7.80. The lowest BCUT2D eigenvalue weighted by atomic mass is 10.0. The Morgan fingerprint density at radius 2 is 2.00 bits per heavy atom. The Kier molecular flexibility index (Phi) is 5.21. The summed E-state index contributed by atoms with van der Waals surface area (Å²) in [6.45, 7) is 4.73. The van der Waals surface area contributed by atoms with Gasteiger partial charge in [0.1, 0.15) is 17.3 Å². The molecule has 2 N–H and O–H groups in total. The fourth-order valence-corrected chi connectivity index (χ4v) is 2.30. The van der Waals surface area contributed by atoms with Crippen molar-refractivity contribution in [3.8, 4) is 5.75 Å². The first-order valence-electron chi connectivity index (χ1n) is 6.78. The van der Waals surface area contributed by atoms with E-state index in [0.717, 1.165) is 16.9 Å². The van der Waals surface area contributed by atoms with Gasteiger partial charge in [0.2, 0.25) is 0 Å². The molecular formula is C17H18ClNOS. The monoisotopic (exact) mass is 319 g/mol. The van der Waals surface area contributed by atoms with Gasteiger partial charge in [0, 0.05) is 16.1 Å². The van der Waals surface area contributed by atoms with E-state index in [1.807, 2.05) is 24.3 Å². The summed E-state index contributed by atoms with van der Waals surface area (Å²) in [5, 5.41) is 0.611. The standard InChI is InChI=1S/C17H18ClNOS/c1-11(2)12-4-3-5-15(8-12)20-10-14-7-6-13(17(19)21)9-16(14)18/h3-9,11H,10H2,1-2H3,(H2,19,21). The first-order valence-corrected chi connectivity index (χ1v) is 7.57. The zero-order valence-corrected chi connectivity index (χ0v) is 13.7. The van der Waals surface area contributed by atoms with E-state index < -0.39 is 0 Å². The van der Waals surface area contributed by atoms with E-state index in [1.165, 1.54) is 5.56 Å². The minimum Gasteiger partial charge on any atom is -0.489 e. The molecule has 0 aromatic heterocycles. The minimum atomic E-state index is 0.342. The number of benzene rings is 2. The summed E-state index contributed by atoms with van der Waals surface area (Å²) in [6.07, 6.45) is 0. The van der Waals surface area contributed by atoms with Gasteiger partial charge in [-0.2, -0.15) is 0 Å². The van der Waals surface area contributed by atoms with Crippen molar-refractivity contribution in [2.45, 2.75) is 26.4 Å². The van der Waals surface area contributed by atoms with Gasteiger partial charge in [0.25, 0.3) is 0 Å². The van der Waals surface area contributed by atoms with Gasteiger partial charge in [0.05, 0.1) is 0 Å². The van der Waals surface area contributed by atoms with Gasteiger partial charge in [-0.1, -0.05) is 61.9 Å². The topological polar surface area (TPSA) is 35.2 Å². The molecule has 0 atom stereocenters. The lowest BCUT2D eigenvalue weighted by molar-refractivity contribution is 0.306. The van der Waals surface area contributed by atoms with E-state index in [9.17, 15) is 0 Å². The minimum absolute atomic E-state index is 0.342. The van der Waals surface area contributed by atoms with Crippen LogP contribution >= 0.6 is 23.8 Å². The van der Waals surface area contributed by atoms with E-state index >= 15 is 0 Å². The number of ether oxygens (including phenoxy) is 1. The highest BCUT2D eigenvalue weighted by atomic mass is 35.5. The van der Waals surface area contributed by atoms with E-state index in [2.05, 4.69) is 26.0 Å². The van der Waals surface area contributed by atoms with Crippen LogP contribution in [0.5, 0.6) is 5.75 Å². The Morgan fingerprint density at radius 3 is 2.62 bits per heavy atom. The summed E-state index contributed by atoms with van der Waals surface area (Å²) >= 11 is 11.2. The number of halogens is 1. The van der Waals surface area contributed by atoms with Gasteiger partial charge in [0.15, 0.2) is 0 Å². The maximum atomic E-state index is 6.23. The van der Waals surface area contributed by atoms with Crippen molar-refractivity contribution in [3.63, 3.8) is 0 Å². The molecule has 0 saturated carbocycles. The molecule has 0 amide bonds. The van der Waals surface area contributed by atoms with Gasteiger partial charge in [-0.25, -0.2) is 0 Å². The Hall–Kier alpha value is -1.58. The Balaban J connectivity index is 2.09. The third kappa shape index (κ3) is 4.19. The quantitative estimate of drug-likeness (QED) is 0.813. The van der Waals surface area contributed by atoms with Crippen LogP contribution in [0.15, 0.2) is 42.5 Å². The van der Waals surface area contributed by atoms with E-state index in [1.54, 1.807) is 6.07 Å². The van der Waals surface area contributed by atoms with E-state index in [0.29, 0.717) is 22.5 Å². The van der Waals surface area contributed by atoms with Gasteiger partial charge >= 0.3 is 0 Å². The lowest BCUT2D eigenvalue weighted by Gasteiger charge is -2.11. The molecule has 0 bridgehead atoms. The second kappa shape index (κ2) is 6.92. The maximum absolute atomic E-state index is 6.23. The number of hydrogen-bond acceptors (Lipinski definition) is 2. The van der Waals surface area contributed by atoms with Gasteiger partial charge in [-0.05, 0) is 29.7 Å². The third-order valence-electron chi connectivity index (χ3n) is 3.26. The van der Waals surface area contributed by atoms with Gasteiger partial charge in [-0.15, -0.1) is 0 Å². The van der Waals surface area contributed by atoms with Crippen LogP contribution in [0.2, 0.25) is 5.02 Å². The van der Waals surface area contributed by atoms with Crippen molar-refractivity contribution >= 4 is 28.8 Å². The van der Waals surface area contributed by atoms with Crippen LogP contribution in [0.3, 0.4) is 0 Å². The first-order chi connectivity index (χ1) is 9.97. The molecule has 2 nitrogen and oxygen atoms in total. The second-order valence-electron chi connectivity index (χ2n) is 5.19. The predicted molar refractivity (Wildman–Crippen MR) is 92.2 cm³/mol. The summed E-state index contributed by atoms with van der Waals surface area (Å²) in [4.78, 5) is 0.342. The van der Waals surface area contributed by atoms with Crippen LogP contribution in [0, 0.1) is 0 Å². The summed E-state index contributed by atoms with van der Waals surface area (Å²) in [7, 11) is 0. The average Bonchev–Trinajstić information content (AvgIpc) is 2.46. The van der Waals surface area contributed by atoms with Crippen molar-refractivity contribution in [1.29, 1.82) is 0 Å². The van der Waals surface area contributed by atoms with E-state index in [4.69, 9.17) is 34.3 Å². The van der Waals surface area contributed by atoms with Gasteiger partial charge in [-0.3, -0.25) is 0 Å². The summed E-state index contributed by atoms with van der Waals surface area (Å²) in [5.74, 6) is 1.32. The highest BCUT2D eigenvalue weighted by Gasteiger charge is 2.06. The molecule has 0 heterocycles. The fraction of sp³-hybridized carbons (Fsp3) is 0.235. The van der Waals surface area contributed by atoms with Crippen LogP contribution < -0.4 is 10.5 Å². The van der Waals surface area contributed by atoms with Crippen LogP contribution in [0.25, 0.3) is 0 Å². The second-order valence-corrected chi connectivity index (χ2v) is 6.03. The summed E-state index contributed by atoms with van der Waals surface area (Å²) in [5.41, 5.74) is 8.51. The third-order valence-corrected chi connectivity index (χ3v) is 3.84. The van der Waals surface area contributed by atoms with Crippen LogP contribution in [0.1, 0.15) is 36.5 Å². The molecule has 0 fully saturated rings. The molecule has 2 aromatic carbocycles. The molecular weight excluding hydrogens is 302 g/mol. The summed E-state index contributed by atoms with van der Waals surface area (Å²) < 4.78 is 5.82. The van der Waals surface area contributed by atoms with Crippen molar-refractivity contribution < 1.29 is 4.74 Å². The number of hydrogen-bond donors (Lipinski definition) is 1. The van der Waals surface area contributed by atoms with E-state index in [-0.39, 0.29) is 0 Å². The molecule has 0 unspecified atom stereocenters. The molecule has 0 aliphatic heterocycles. The lowest BCUT2D eigenvalue weighted by Crippen LogP contribution is -2.09. The Morgan fingerprint density at radius 1 is 1.24 bits per heavy atom. The van der Waals surface area contributed by atoms with Crippen molar-refractivity contribution in [1.82, 2.24) is 0 Å². The molecule has 4 heteroatoms. The number of thiocarbonyl (C=S) groups is 1. The zero-order valence-electron chi connectivity index (χ0n) is 12.1. The van der Waals surface area contributed by atoms with Crippen LogP contribution in [-0.2, 0) is 6.61 Å². The number of rotatable bonds is 5. The highest BCUT2D eigenvalue weighted by Crippen LogP contribution is 2.23. The Bertz CT molecular complexity index is 655. The SMILES string of the molecule is CC(C)c1cccc(OCc2ccc(C(N)=S)cc2Cl)c1. The largest absolute Gasteiger partial charge is 0.489 e. The van der Waals surface area contributed by atoms with Crippen LogP contribution in [0.4, 0.5) is 0 Å². The predicted octanol–water partition coefficient (Wildman–Crippen LogP) is 4.68. The van der Waals surface area contributed by atoms with Crippen LogP contribution in [-0.4, -0.2) is 4.99 Å². The molecule has 0 saturated heterocycles. The first kappa shape index (κ1) is 15.8. The van der Waals surface area contributed by atoms with Crippen molar-refractivity contribution in [2.24, 2.45) is 5.73 Å². The number of nitrogens with two attached hydrogens (primary N) is 1. The molecule has 2 rings (SSSR count).